The van der Waals surface area contributed by atoms with Gasteiger partial charge < -0.3 is 9.32 Å². The normalized spacial score (nSPS) is 13.9. The van der Waals surface area contributed by atoms with E-state index in [1.807, 2.05) is 36.7 Å². The topological polar surface area (TPSA) is 64.2 Å². The van der Waals surface area contributed by atoms with Crippen molar-refractivity contribution in [2.75, 3.05) is 12.8 Å². The summed E-state index contributed by atoms with van der Waals surface area (Å²) in [5.41, 5.74) is 0. The van der Waals surface area contributed by atoms with Crippen LogP contribution < -0.4 is 0 Å². The Kier molecular flexibility index (Phi) is 5.12. The van der Waals surface area contributed by atoms with Crippen molar-refractivity contribution in [1.82, 2.24) is 19.7 Å². The smallest absolute Gasteiger partial charge is 0.233 e. The predicted octanol–water partition coefficient (Wildman–Crippen LogP) is 3.61. The van der Waals surface area contributed by atoms with Crippen molar-refractivity contribution in [1.29, 1.82) is 0 Å². The van der Waals surface area contributed by atoms with Gasteiger partial charge in [-0.15, -0.1) is 21.5 Å². The minimum absolute atomic E-state index is 0.0870. The lowest BCUT2D eigenvalue weighted by Gasteiger charge is -2.16. The van der Waals surface area contributed by atoms with Gasteiger partial charge in [0.25, 0.3) is 0 Å². The molecule has 1 saturated carbocycles. The molecule has 1 fully saturated rings. The van der Waals surface area contributed by atoms with E-state index in [-0.39, 0.29) is 5.91 Å². The van der Waals surface area contributed by atoms with Crippen molar-refractivity contribution < 1.29 is 9.21 Å². The van der Waals surface area contributed by atoms with Crippen LogP contribution in [0.2, 0.25) is 0 Å². The molecule has 1 amide bonds. The summed E-state index contributed by atoms with van der Waals surface area (Å²) in [4.78, 5) is 15.4. The summed E-state index contributed by atoms with van der Waals surface area (Å²) < 4.78 is 7.57. The van der Waals surface area contributed by atoms with Crippen LogP contribution in [0.4, 0.5) is 0 Å². The fraction of sp³-hybridized carbons (Fsp3) is 0.389. The van der Waals surface area contributed by atoms with Gasteiger partial charge in [-0.2, -0.15) is 0 Å². The molecule has 0 aromatic carbocycles. The van der Waals surface area contributed by atoms with E-state index in [0.717, 1.165) is 29.6 Å². The van der Waals surface area contributed by atoms with E-state index in [1.165, 1.54) is 16.6 Å². The second kappa shape index (κ2) is 7.67. The standard InChI is InChI=1S/C18H20N4O2S2/c1-21(11-15-5-3-9-25-15)16(23)12-26-18-20-19-17(13-6-7-13)22(18)10-14-4-2-8-24-14/h2-5,8-9,13H,6-7,10-12H2,1H3. The monoisotopic (exact) mass is 388 g/mol. The van der Waals surface area contributed by atoms with Crippen molar-refractivity contribution in [2.24, 2.45) is 0 Å². The van der Waals surface area contributed by atoms with Gasteiger partial charge in [-0.05, 0) is 36.4 Å². The number of amides is 1. The summed E-state index contributed by atoms with van der Waals surface area (Å²) in [6.07, 6.45) is 3.99. The molecule has 0 atom stereocenters. The zero-order valence-corrected chi connectivity index (χ0v) is 16.1. The highest BCUT2D eigenvalue weighted by Crippen LogP contribution is 2.40. The fourth-order valence-electron chi connectivity index (χ4n) is 2.72. The first-order valence-electron chi connectivity index (χ1n) is 8.55. The van der Waals surface area contributed by atoms with Crippen LogP contribution in [0.15, 0.2) is 45.5 Å². The SMILES string of the molecule is CN(Cc1cccs1)C(=O)CSc1nnc(C2CC2)n1Cc1ccco1. The largest absolute Gasteiger partial charge is 0.467 e. The minimum atomic E-state index is 0.0870. The van der Waals surface area contributed by atoms with Crippen LogP contribution in [-0.4, -0.2) is 38.4 Å². The summed E-state index contributed by atoms with van der Waals surface area (Å²) in [6.45, 7) is 1.25. The minimum Gasteiger partial charge on any atom is -0.467 e. The molecule has 136 valence electrons. The number of furan rings is 1. The van der Waals surface area contributed by atoms with E-state index in [4.69, 9.17) is 4.42 Å². The number of aromatic nitrogens is 3. The maximum atomic E-state index is 12.5. The van der Waals surface area contributed by atoms with E-state index in [9.17, 15) is 4.79 Å². The van der Waals surface area contributed by atoms with E-state index in [0.29, 0.717) is 24.8 Å². The molecule has 0 unspecified atom stereocenters. The van der Waals surface area contributed by atoms with Crippen LogP contribution in [0.3, 0.4) is 0 Å². The van der Waals surface area contributed by atoms with Gasteiger partial charge in [0.05, 0.1) is 25.1 Å². The summed E-state index contributed by atoms with van der Waals surface area (Å²) >= 11 is 3.11. The number of carbonyl (C=O) groups is 1. The molecule has 3 aromatic rings. The quantitative estimate of drug-likeness (QED) is 0.552. The van der Waals surface area contributed by atoms with E-state index in [1.54, 1.807) is 22.5 Å². The second-order valence-electron chi connectivity index (χ2n) is 6.40. The number of carbonyl (C=O) groups excluding carboxylic acids is 1. The summed E-state index contributed by atoms with van der Waals surface area (Å²) in [5.74, 6) is 2.80. The molecular formula is C18H20N4O2S2. The number of rotatable bonds is 8. The van der Waals surface area contributed by atoms with Crippen LogP contribution in [0.25, 0.3) is 0 Å². The first-order valence-corrected chi connectivity index (χ1v) is 10.4. The van der Waals surface area contributed by atoms with Crippen LogP contribution in [-0.2, 0) is 17.9 Å². The first-order chi connectivity index (χ1) is 12.7. The van der Waals surface area contributed by atoms with Crippen molar-refractivity contribution in [3.05, 3.63) is 52.4 Å². The predicted molar refractivity (Wildman–Crippen MR) is 101 cm³/mol. The van der Waals surface area contributed by atoms with Crippen molar-refractivity contribution in [3.63, 3.8) is 0 Å². The molecule has 8 heteroatoms. The molecule has 0 saturated heterocycles. The van der Waals surface area contributed by atoms with Gasteiger partial charge in [-0.1, -0.05) is 17.8 Å². The van der Waals surface area contributed by atoms with Gasteiger partial charge in [-0.25, -0.2) is 0 Å². The molecule has 0 aliphatic heterocycles. The van der Waals surface area contributed by atoms with Gasteiger partial charge in [0.15, 0.2) is 5.16 Å². The molecule has 1 aliphatic rings. The zero-order valence-electron chi connectivity index (χ0n) is 14.5. The fourth-order valence-corrected chi connectivity index (χ4v) is 4.36. The van der Waals surface area contributed by atoms with Crippen LogP contribution in [0.5, 0.6) is 0 Å². The van der Waals surface area contributed by atoms with Gasteiger partial charge in [0, 0.05) is 17.8 Å². The third-order valence-electron chi connectivity index (χ3n) is 4.31. The Morgan fingerprint density at radius 1 is 1.38 bits per heavy atom. The number of hydrogen-bond acceptors (Lipinski definition) is 6. The molecule has 3 heterocycles. The van der Waals surface area contributed by atoms with E-state index >= 15 is 0 Å². The Bertz CT molecular complexity index is 854. The maximum absolute atomic E-state index is 12.5. The molecule has 1 aliphatic carbocycles. The number of thiophene rings is 1. The number of nitrogens with zero attached hydrogens (tertiary/aromatic N) is 4. The van der Waals surface area contributed by atoms with Gasteiger partial charge in [0.1, 0.15) is 11.6 Å². The van der Waals surface area contributed by atoms with Crippen LogP contribution in [0.1, 0.15) is 35.2 Å². The van der Waals surface area contributed by atoms with E-state index < -0.39 is 0 Å². The Labute approximate surface area is 160 Å². The lowest BCUT2D eigenvalue weighted by atomic mass is 10.3. The van der Waals surface area contributed by atoms with Crippen LogP contribution in [0, 0.1) is 0 Å². The molecular weight excluding hydrogens is 368 g/mol. The average Bonchev–Trinajstić information content (AvgIpc) is 3.05. The van der Waals surface area contributed by atoms with Crippen LogP contribution >= 0.6 is 23.1 Å². The maximum Gasteiger partial charge on any atom is 0.233 e. The lowest BCUT2D eigenvalue weighted by molar-refractivity contribution is -0.127. The lowest BCUT2D eigenvalue weighted by Crippen LogP contribution is -2.27. The first kappa shape index (κ1) is 17.4. The number of thioether (sulfide) groups is 1. The van der Waals surface area contributed by atoms with Gasteiger partial charge in [0.2, 0.25) is 5.91 Å². The molecule has 0 radical (unpaired) electrons. The van der Waals surface area contributed by atoms with Crippen molar-refractivity contribution in [3.8, 4) is 0 Å². The highest BCUT2D eigenvalue weighted by atomic mass is 32.2. The summed E-state index contributed by atoms with van der Waals surface area (Å²) in [7, 11) is 1.84. The highest BCUT2D eigenvalue weighted by molar-refractivity contribution is 7.99. The molecule has 0 spiro atoms. The molecule has 3 aromatic heterocycles. The Hall–Kier alpha value is -2.06. The molecule has 6 nitrogen and oxygen atoms in total. The summed E-state index contributed by atoms with van der Waals surface area (Å²) in [6, 6.07) is 7.88. The van der Waals surface area contributed by atoms with Gasteiger partial charge in [-0.3, -0.25) is 9.36 Å². The van der Waals surface area contributed by atoms with Gasteiger partial charge >= 0.3 is 0 Å². The molecule has 0 bridgehead atoms. The third-order valence-corrected chi connectivity index (χ3v) is 6.12. The van der Waals surface area contributed by atoms with E-state index in [2.05, 4.69) is 14.8 Å². The second-order valence-corrected chi connectivity index (χ2v) is 8.37. The van der Waals surface area contributed by atoms with Crippen molar-refractivity contribution >= 4 is 29.0 Å². The molecule has 4 rings (SSSR count). The Morgan fingerprint density at radius 3 is 2.96 bits per heavy atom. The number of hydrogen-bond donors (Lipinski definition) is 0. The highest BCUT2D eigenvalue weighted by Gasteiger charge is 2.31. The Morgan fingerprint density at radius 2 is 2.27 bits per heavy atom. The average molecular weight is 389 g/mol. The Balaban J connectivity index is 1.41. The summed E-state index contributed by atoms with van der Waals surface area (Å²) in [5, 5.41) is 11.5. The molecule has 26 heavy (non-hydrogen) atoms. The molecule has 0 N–H and O–H groups in total. The van der Waals surface area contributed by atoms with Crippen molar-refractivity contribution in [2.45, 2.75) is 37.0 Å². The third kappa shape index (κ3) is 4.02. The zero-order chi connectivity index (χ0) is 17.9.